The molecule has 0 amide bonds. The van der Waals surface area contributed by atoms with Gasteiger partial charge in [-0.25, -0.2) is 4.79 Å². The van der Waals surface area contributed by atoms with Gasteiger partial charge in [-0.2, -0.15) is 0 Å². The van der Waals surface area contributed by atoms with Crippen molar-refractivity contribution in [1.29, 1.82) is 0 Å². The number of esters is 1. The lowest BCUT2D eigenvalue weighted by Gasteiger charge is -2.30. The van der Waals surface area contributed by atoms with Gasteiger partial charge < -0.3 is 24.1 Å². The third-order valence-electron chi connectivity index (χ3n) is 5.31. The van der Waals surface area contributed by atoms with E-state index in [2.05, 4.69) is 4.99 Å². The van der Waals surface area contributed by atoms with Gasteiger partial charge in [-0.1, -0.05) is 18.2 Å². The summed E-state index contributed by atoms with van der Waals surface area (Å²) in [6.07, 6.45) is 3.37. The minimum Gasteiger partial charge on any atom is -0.494 e. The van der Waals surface area contributed by atoms with Gasteiger partial charge in [-0.3, -0.25) is 4.99 Å². The van der Waals surface area contributed by atoms with Crippen LogP contribution >= 0.6 is 0 Å². The molecule has 4 rings (SSSR count). The van der Waals surface area contributed by atoms with E-state index in [-0.39, 0.29) is 0 Å². The number of carbonyl (C=O) groups excluding carboxylic acids is 1. The first-order chi connectivity index (χ1) is 14.7. The molecule has 0 radical (unpaired) electrons. The highest BCUT2D eigenvalue weighted by atomic mass is 16.6. The van der Waals surface area contributed by atoms with E-state index in [0.29, 0.717) is 23.7 Å². The van der Waals surface area contributed by atoms with Crippen LogP contribution in [-0.4, -0.2) is 45.3 Å². The summed E-state index contributed by atoms with van der Waals surface area (Å²) in [5.74, 6) is -0.0422. The molecule has 160 valence electrons. The Morgan fingerprint density at radius 3 is 2.68 bits per heavy atom. The first-order valence-corrected chi connectivity index (χ1v) is 10.2. The summed E-state index contributed by atoms with van der Waals surface area (Å²) in [6, 6.07) is 14.9. The highest BCUT2D eigenvalue weighted by Crippen LogP contribution is 2.27. The number of nitrogens with zero attached hydrogens (tertiary/aromatic N) is 2. The first-order valence-electron chi connectivity index (χ1n) is 10.2. The maximum atomic E-state index is 13.1. The van der Waals surface area contributed by atoms with Gasteiger partial charge >= 0.3 is 13.1 Å². The number of fused-ring (bicyclic) bond motifs is 2. The molecular formula is C23H25BN2O5. The van der Waals surface area contributed by atoms with E-state index in [9.17, 15) is 14.8 Å². The molecule has 1 aliphatic rings. The number of para-hydroxylation sites is 1. The predicted octanol–water partition coefficient (Wildman–Crippen LogP) is 1.23. The third kappa shape index (κ3) is 3.96. The van der Waals surface area contributed by atoms with Crippen LogP contribution in [0.15, 0.2) is 59.7 Å². The minimum absolute atomic E-state index is 0.363. The van der Waals surface area contributed by atoms with Gasteiger partial charge in [-0.05, 0) is 61.7 Å². The Morgan fingerprint density at radius 2 is 1.97 bits per heavy atom. The summed E-state index contributed by atoms with van der Waals surface area (Å²) in [7, 11) is -2.02. The van der Waals surface area contributed by atoms with Crippen LogP contribution < -0.4 is 15.3 Å². The number of hydrogen-bond acceptors (Lipinski definition) is 6. The lowest BCUT2D eigenvalue weighted by molar-refractivity contribution is -0.159. The fourth-order valence-electron chi connectivity index (χ4n) is 3.86. The van der Waals surface area contributed by atoms with Gasteiger partial charge in [0.05, 0.1) is 24.0 Å². The van der Waals surface area contributed by atoms with Crippen LogP contribution in [0.1, 0.15) is 20.8 Å². The molecular weight excluding hydrogens is 395 g/mol. The van der Waals surface area contributed by atoms with E-state index in [1.54, 1.807) is 38.1 Å². The van der Waals surface area contributed by atoms with Crippen LogP contribution in [0.3, 0.4) is 0 Å². The Labute approximate surface area is 180 Å². The molecule has 1 unspecified atom stereocenters. The van der Waals surface area contributed by atoms with E-state index < -0.39 is 24.1 Å². The SMILES string of the molecule is CCOc1ccc2ccn(CC(C)(C)OC(=O)C3(B(O)O)C=c4ccccc4=N3)c2c1. The molecule has 0 spiro atoms. The van der Waals surface area contributed by atoms with Crippen LogP contribution in [0.25, 0.3) is 17.0 Å². The van der Waals surface area contributed by atoms with Gasteiger partial charge in [0.25, 0.3) is 0 Å². The molecule has 0 fully saturated rings. The van der Waals surface area contributed by atoms with Crippen molar-refractivity contribution in [2.45, 2.75) is 38.4 Å². The number of aromatic nitrogens is 1. The predicted molar refractivity (Wildman–Crippen MR) is 118 cm³/mol. The average Bonchev–Trinajstić information content (AvgIpc) is 3.30. The lowest BCUT2D eigenvalue weighted by Crippen LogP contribution is -2.52. The van der Waals surface area contributed by atoms with Crippen molar-refractivity contribution in [2.75, 3.05) is 6.61 Å². The first kappa shape index (κ1) is 21.1. The molecule has 0 saturated carbocycles. The Hall–Kier alpha value is -3.10. The number of rotatable bonds is 7. The highest BCUT2D eigenvalue weighted by molar-refractivity contribution is 6.55. The molecule has 8 heteroatoms. The Kier molecular flexibility index (Phi) is 5.37. The summed E-state index contributed by atoms with van der Waals surface area (Å²) >= 11 is 0. The van der Waals surface area contributed by atoms with Crippen molar-refractivity contribution in [3.8, 4) is 5.75 Å². The van der Waals surface area contributed by atoms with Crippen LogP contribution in [0.2, 0.25) is 0 Å². The largest absolute Gasteiger partial charge is 0.497 e. The van der Waals surface area contributed by atoms with Crippen LogP contribution in [-0.2, 0) is 16.1 Å². The number of benzene rings is 2. The monoisotopic (exact) mass is 420 g/mol. The van der Waals surface area contributed by atoms with Crippen molar-refractivity contribution in [3.05, 3.63) is 65.3 Å². The van der Waals surface area contributed by atoms with E-state index >= 15 is 0 Å². The van der Waals surface area contributed by atoms with Crippen molar-refractivity contribution < 1.29 is 24.3 Å². The summed E-state index contributed by atoms with van der Waals surface area (Å²) in [4.78, 5) is 17.4. The smallest absolute Gasteiger partial charge is 0.494 e. The molecule has 7 nitrogen and oxygen atoms in total. The van der Waals surface area contributed by atoms with E-state index in [1.165, 1.54) is 6.08 Å². The molecule has 2 N–H and O–H groups in total. The minimum atomic E-state index is -2.02. The normalized spacial score (nSPS) is 17.6. The number of hydrogen-bond donors (Lipinski definition) is 2. The molecule has 0 aliphatic carbocycles. The quantitative estimate of drug-likeness (QED) is 0.443. The van der Waals surface area contributed by atoms with Crippen LogP contribution in [0, 0.1) is 0 Å². The van der Waals surface area contributed by atoms with Crippen molar-refractivity contribution in [1.82, 2.24) is 4.57 Å². The molecule has 2 heterocycles. The molecule has 1 atom stereocenters. The molecule has 1 aliphatic heterocycles. The Morgan fingerprint density at radius 1 is 1.19 bits per heavy atom. The summed E-state index contributed by atoms with van der Waals surface area (Å²) in [6.45, 7) is 6.43. The number of carbonyl (C=O) groups is 1. The van der Waals surface area contributed by atoms with Gasteiger partial charge in [-0.15, -0.1) is 0 Å². The second-order valence-electron chi connectivity index (χ2n) is 8.26. The van der Waals surface area contributed by atoms with Crippen molar-refractivity contribution in [2.24, 2.45) is 4.99 Å². The summed E-state index contributed by atoms with van der Waals surface area (Å²) < 4.78 is 13.4. The third-order valence-corrected chi connectivity index (χ3v) is 5.31. The molecule has 1 aromatic heterocycles. The van der Waals surface area contributed by atoms with Crippen molar-refractivity contribution >= 4 is 30.1 Å². The zero-order valence-corrected chi connectivity index (χ0v) is 17.8. The maximum absolute atomic E-state index is 13.1. The fourth-order valence-corrected chi connectivity index (χ4v) is 3.86. The molecule has 0 bridgehead atoms. The van der Waals surface area contributed by atoms with E-state index in [4.69, 9.17) is 9.47 Å². The molecule has 31 heavy (non-hydrogen) atoms. The van der Waals surface area contributed by atoms with Crippen molar-refractivity contribution in [3.63, 3.8) is 0 Å². The lowest BCUT2D eigenvalue weighted by atomic mass is 9.65. The second kappa shape index (κ2) is 7.87. The zero-order chi connectivity index (χ0) is 22.2. The summed E-state index contributed by atoms with van der Waals surface area (Å²) in [5, 5.41) is 22.3. The van der Waals surface area contributed by atoms with E-state index in [0.717, 1.165) is 16.7 Å². The maximum Gasteiger partial charge on any atom is 0.497 e. The molecule has 3 aromatic rings. The van der Waals surface area contributed by atoms with Crippen LogP contribution in [0.5, 0.6) is 5.75 Å². The second-order valence-corrected chi connectivity index (χ2v) is 8.26. The van der Waals surface area contributed by atoms with E-state index in [1.807, 2.05) is 42.0 Å². The Bertz CT molecular complexity index is 1210. The van der Waals surface area contributed by atoms with Gasteiger partial charge in [0.15, 0.2) is 0 Å². The van der Waals surface area contributed by atoms with Gasteiger partial charge in [0.2, 0.25) is 5.44 Å². The van der Waals surface area contributed by atoms with Gasteiger partial charge in [0.1, 0.15) is 11.4 Å². The molecule has 2 aromatic carbocycles. The standard InChI is InChI=1S/C23H25BN2O5/c1-4-30-18-10-9-16-11-12-26(20(16)13-18)15-22(2,3)31-21(27)23(24(28)29)14-17-7-5-6-8-19(17)25-23/h5-14,28-29H,4,15H2,1-3H3. The Balaban J connectivity index is 1.60. The average molecular weight is 420 g/mol. The number of ether oxygens (including phenoxy) is 2. The fraction of sp³-hybridized carbons (Fsp3) is 0.304. The highest BCUT2D eigenvalue weighted by Gasteiger charge is 2.52. The van der Waals surface area contributed by atoms with Gasteiger partial charge in [0, 0.05) is 12.3 Å². The zero-order valence-electron chi connectivity index (χ0n) is 17.8. The topological polar surface area (TPSA) is 93.3 Å². The van der Waals surface area contributed by atoms with Crippen LogP contribution in [0.4, 0.5) is 0 Å². The molecule has 0 saturated heterocycles. The summed E-state index contributed by atoms with van der Waals surface area (Å²) in [5.41, 5.74) is -1.87.